The lowest BCUT2D eigenvalue weighted by molar-refractivity contribution is -0.138. The van der Waals surface area contributed by atoms with Crippen LogP contribution in [-0.4, -0.2) is 70.5 Å². The molecule has 6 nitrogen and oxygen atoms in total. The van der Waals surface area contributed by atoms with Gasteiger partial charge >= 0.3 is 0 Å². The largest absolute Gasteiger partial charge is 0.385 e. The molecule has 0 saturated carbocycles. The maximum absolute atomic E-state index is 12.9. The van der Waals surface area contributed by atoms with Gasteiger partial charge in [-0.1, -0.05) is 59.6 Å². The van der Waals surface area contributed by atoms with Gasteiger partial charge < -0.3 is 14.9 Å². The fourth-order valence-corrected chi connectivity index (χ4v) is 5.15. The van der Waals surface area contributed by atoms with Gasteiger partial charge in [0.1, 0.15) is 0 Å². The molecule has 2 fully saturated rings. The number of hydrogen-bond acceptors (Lipinski definition) is 4. The van der Waals surface area contributed by atoms with Crippen LogP contribution in [0.2, 0.25) is 10.0 Å². The van der Waals surface area contributed by atoms with Crippen molar-refractivity contribution in [2.75, 3.05) is 32.7 Å². The van der Waals surface area contributed by atoms with Crippen molar-refractivity contribution in [3.63, 3.8) is 0 Å². The Balaban J connectivity index is 1.34. The molecular formula is C27H31Cl2N3O3. The van der Waals surface area contributed by atoms with Gasteiger partial charge in [0.2, 0.25) is 11.8 Å². The van der Waals surface area contributed by atoms with E-state index in [1.807, 2.05) is 42.2 Å². The Bertz CT molecular complexity index is 1080. The number of hydrogen-bond donors (Lipinski definition) is 1. The minimum atomic E-state index is -0.829. The highest BCUT2D eigenvalue weighted by atomic mass is 35.5. The third-order valence-corrected chi connectivity index (χ3v) is 7.86. The minimum absolute atomic E-state index is 0.0464. The van der Waals surface area contributed by atoms with Gasteiger partial charge in [0.15, 0.2) is 0 Å². The molecule has 1 atom stereocenters. The van der Waals surface area contributed by atoms with E-state index < -0.39 is 5.60 Å². The summed E-state index contributed by atoms with van der Waals surface area (Å²) in [5.74, 6) is -0.0885. The summed E-state index contributed by atoms with van der Waals surface area (Å²) in [6, 6.07) is 15.0. The van der Waals surface area contributed by atoms with Gasteiger partial charge in [0.25, 0.3) is 0 Å². The molecule has 2 heterocycles. The summed E-state index contributed by atoms with van der Waals surface area (Å²) in [6.07, 6.45) is 4.65. The van der Waals surface area contributed by atoms with Gasteiger partial charge in [-0.15, -0.1) is 0 Å². The van der Waals surface area contributed by atoms with Gasteiger partial charge in [-0.3, -0.25) is 14.5 Å². The summed E-state index contributed by atoms with van der Waals surface area (Å²) < 4.78 is 0. The Morgan fingerprint density at radius 3 is 2.40 bits per heavy atom. The highest BCUT2D eigenvalue weighted by molar-refractivity contribution is 6.42. The molecule has 2 aliphatic heterocycles. The summed E-state index contributed by atoms with van der Waals surface area (Å²) in [5, 5.41) is 12.0. The number of aliphatic hydroxyl groups is 1. The molecule has 0 bridgehead atoms. The molecule has 0 aliphatic carbocycles. The van der Waals surface area contributed by atoms with Crippen molar-refractivity contribution in [3.05, 3.63) is 75.8 Å². The van der Waals surface area contributed by atoms with Gasteiger partial charge in [-0.2, -0.15) is 0 Å². The topological polar surface area (TPSA) is 64.1 Å². The fourth-order valence-electron chi connectivity index (χ4n) is 4.85. The number of rotatable bonds is 5. The zero-order valence-electron chi connectivity index (χ0n) is 19.9. The number of carbonyl (C=O) groups is 2. The van der Waals surface area contributed by atoms with Gasteiger partial charge in [0, 0.05) is 45.2 Å². The summed E-state index contributed by atoms with van der Waals surface area (Å²) in [4.78, 5) is 31.5. The Morgan fingerprint density at radius 1 is 1.00 bits per heavy atom. The van der Waals surface area contributed by atoms with E-state index in [4.69, 9.17) is 23.2 Å². The lowest BCUT2D eigenvalue weighted by Crippen LogP contribution is -2.54. The molecule has 2 aliphatic rings. The second-order valence-corrected chi connectivity index (χ2v) is 10.0. The first-order valence-electron chi connectivity index (χ1n) is 12.0. The van der Waals surface area contributed by atoms with Crippen molar-refractivity contribution in [2.45, 2.75) is 38.0 Å². The first-order valence-corrected chi connectivity index (χ1v) is 12.8. The van der Waals surface area contributed by atoms with Crippen LogP contribution in [0.1, 0.15) is 37.3 Å². The standard InChI is InChI=1S/C27H31Cl2N3O3/c1-20(30-15-12-27(35,13-16-30)22-5-3-2-4-6-22)32-18-17-31(14-11-26(32)34)25(33)10-8-21-7-9-23(28)24(29)19-21/h2-10,19-20,35H,11-18H2,1H3/b10-8+. The minimum Gasteiger partial charge on any atom is -0.385 e. The molecule has 1 unspecified atom stereocenters. The van der Waals surface area contributed by atoms with Crippen LogP contribution in [0.25, 0.3) is 6.08 Å². The van der Waals surface area contributed by atoms with Crippen molar-refractivity contribution in [1.82, 2.24) is 14.7 Å². The Morgan fingerprint density at radius 2 is 1.71 bits per heavy atom. The van der Waals surface area contributed by atoms with Crippen molar-refractivity contribution in [3.8, 4) is 0 Å². The molecule has 4 rings (SSSR count). The molecule has 8 heteroatoms. The molecule has 0 aromatic heterocycles. The van der Waals surface area contributed by atoms with E-state index in [-0.39, 0.29) is 18.0 Å². The zero-order valence-corrected chi connectivity index (χ0v) is 21.4. The average molecular weight is 516 g/mol. The normalized spacial score (nSPS) is 20.2. The fraction of sp³-hybridized carbons (Fsp3) is 0.407. The van der Waals surface area contributed by atoms with E-state index in [0.717, 1.165) is 11.1 Å². The number of halogens is 2. The Hall–Kier alpha value is -2.38. The Kier molecular flexibility index (Phi) is 8.17. The number of carbonyl (C=O) groups excluding carboxylic acids is 2. The molecule has 2 amide bonds. The van der Waals surface area contributed by atoms with Crippen LogP contribution >= 0.6 is 23.2 Å². The highest BCUT2D eigenvalue weighted by Crippen LogP contribution is 2.33. The van der Waals surface area contributed by atoms with Gasteiger partial charge in [-0.05, 0) is 49.1 Å². The van der Waals surface area contributed by atoms with E-state index >= 15 is 0 Å². The van der Waals surface area contributed by atoms with Gasteiger partial charge in [0.05, 0.1) is 21.8 Å². The zero-order chi connectivity index (χ0) is 25.0. The Labute approximate surface area is 216 Å². The summed E-state index contributed by atoms with van der Waals surface area (Å²) in [5.41, 5.74) is 0.903. The van der Waals surface area contributed by atoms with Crippen LogP contribution in [0.4, 0.5) is 0 Å². The maximum atomic E-state index is 12.9. The third-order valence-electron chi connectivity index (χ3n) is 7.12. The smallest absolute Gasteiger partial charge is 0.246 e. The molecular weight excluding hydrogens is 485 g/mol. The summed E-state index contributed by atoms with van der Waals surface area (Å²) >= 11 is 12.0. The predicted octanol–water partition coefficient (Wildman–Crippen LogP) is 4.40. The lowest BCUT2D eigenvalue weighted by Gasteiger charge is -2.44. The number of amides is 2. The maximum Gasteiger partial charge on any atom is 0.246 e. The molecule has 1 N–H and O–H groups in total. The van der Waals surface area contributed by atoms with Crippen LogP contribution < -0.4 is 0 Å². The van der Waals surface area contributed by atoms with E-state index in [0.29, 0.717) is 62.0 Å². The highest BCUT2D eigenvalue weighted by Gasteiger charge is 2.37. The monoisotopic (exact) mass is 515 g/mol. The second kappa shape index (κ2) is 11.1. The quantitative estimate of drug-likeness (QED) is 0.599. The van der Waals surface area contributed by atoms with E-state index in [2.05, 4.69) is 4.90 Å². The summed E-state index contributed by atoms with van der Waals surface area (Å²) in [6.45, 7) is 4.78. The first kappa shape index (κ1) is 25.7. The SMILES string of the molecule is CC(N1CCC(O)(c2ccccc2)CC1)N1CCN(C(=O)/C=C/c2ccc(Cl)c(Cl)c2)CCC1=O. The molecule has 186 valence electrons. The van der Waals surface area contributed by atoms with Crippen LogP contribution in [0.3, 0.4) is 0 Å². The second-order valence-electron chi connectivity index (χ2n) is 9.23. The van der Waals surface area contributed by atoms with Crippen LogP contribution in [-0.2, 0) is 15.2 Å². The van der Waals surface area contributed by atoms with Gasteiger partial charge in [-0.25, -0.2) is 0 Å². The third kappa shape index (κ3) is 6.07. The first-order chi connectivity index (χ1) is 16.8. The summed E-state index contributed by atoms with van der Waals surface area (Å²) in [7, 11) is 0. The molecule has 35 heavy (non-hydrogen) atoms. The van der Waals surface area contributed by atoms with E-state index in [9.17, 15) is 14.7 Å². The number of nitrogens with zero attached hydrogens (tertiary/aromatic N) is 3. The van der Waals surface area contributed by atoms with Crippen molar-refractivity contribution in [1.29, 1.82) is 0 Å². The molecule has 2 saturated heterocycles. The molecule has 0 radical (unpaired) electrons. The molecule has 2 aromatic carbocycles. The van der Waals surface area contributed by atoms with Crippen LogP contribution in [0.15, 0.2) is 54.6 Å². The average Bonchev–Trinajstić information content (AvgIpc) is 3.07. The predicted molar refractivity (Wildman–Crippen MR) is 139 cm³/mol. The van der Waals surface area contributed by atoms with Crippen molar-refractivity contribution >= 4 is 41.1 Å². The number of benzene rings is 2. The van der Waals surface area contributed by atoms with E-state index in [1.165, 1.54) is 6.08 Å². The van der Waals surface area contributed by atoms with Crippen molar-refractivity contribution < 1.29 is 14.7 Å². The van der Waals surface area contributed by atoms with Crippen LogP contribution in [0.5, 0.6) is 0 Å². The lowest BCUT2D eigenvalue weighted by atomic mass is 9.84. The molecule has 2 aromatic rings. The van der Waals surface area contributed by atoms with Crippen molar-refractivity contribution in [2.24, 2.45) is 0 Å². The van der Waals surface area contributed by atoms with E-state index in [1.54, 1.807) is 29.2 Å². The number of piperidine rings is 1. The number of likely N-dealkylation sites (tertiary alicyclic amines) is 1. The van der Waals surface area contributed by atoms with Crippen LogP contribution in [0, 0.1) is 0 Å². The molecule has 0 spiro atoms.